The van der Waals surface area contributed by atoms with E-state index >= 15 is 0 Å². The number of aromatic nitrogens is 1. The van der Waals surface area contributed by atoms with Gasteiger partial charge >= 0.3 is 5.97 Å². The quantitative estimate of drug-likeness (QED) is 0.366. The predicted molar refractivity (Wildman–Crippen MR) is 56.7 cm³/mol. The summed E-state index contributed by atoms with van der Waals surface area (Å²) in [5.41, 5.74) is 8.47. The number of hydrogen-bond acceptors (Lipinski definition) is 4. The van der Waals surface area contributed by atoms with E-state index < -0.39 is 5.97 Å². The lowest BCUT2D eigenvalue weighted by molar-refractivity contribution is 0.0520. The molecule has 0 N–H and O–H groups in total. The van der Waals surface area contributed by atoms with Crippen LogP contribution >= 0.6 is 15.9 Å². The molecule has 0 amide bonds. The highest BCUT2D eigenvalue weighted by atomic mass is 79.9. The third-order valence-corrected chi connectivity index (χ3v) is 1.89. The van der Waals surface area contributed by atoms with Gasteiger partial charge in [-0.15, -0.1) is 0 Å². The van der Waals surface area contributed by atoms with Gasteiger partial charge in [0.1, 0.15) is 0 Å². The Morgan fingerprint density at radius 3 is 3.13 bits per heavy atom. The fourth-order valence-electron chi connectivity index (χ4n) is 0.910. The third kappa shape index (κ3) is 2.93. The molecule has 0 aliphatic carbocycles. The van der Waals surface area contributed by atoms with Gasteiger partial charge in [0, 0.05) is 15.6 Å². The lowest BCUT2D eigenvalue weighted by atomic mass is 10.3. The van der Waals surface area contributed by atoms with Gasteiger partial charge in [-0.25, -0.2) is 9.78 Å². The van der Waals surface area contributed by atoms with Crippen LogP contribution in [-0.2, 0) is 4.74 Å². The largest absolute Gasteiger partial charge is 0.461 e. The lowest BCUT2D eigenvalue weighted by Crippen LogP contribution is -2.07. The van der Waals surface area contributed by atoms with Gasteiger partial charge in [-0.3, -0.25) is 0 Å². The maximum Gasteiger partial charge on any atom is 0.357 e. The number of hydrogen-bond donors (Lipinski definition) is 0. The van der Waals surface area contributed by atoms with Gasteiger partial charge in [0.2, 0.25) is 0 Å². The Bertz CT molecular complexity index is 429. The molecular weight excluding hydrogens is 264 g/mol. The van der Waals surface area contributed by atoms with Crippen molar-refractivity contribution in [2.45, 2.75) is 6.92 Å². The molecular formula is C8H7BrN4O2. The van der Waals surface area contributed by atoms with Crippen molar-refractivity contribution in [1.29, 1.82) is 0 Å². The van der Waals surface area contributed by atoms with Gasteiger partial charge < -0.3 is 4.74 Å². The third-order valence-electron chi connectivity index (χ3n) is 1.46. The minimum absolute atomic E-state index is 0.0119. The highest BCUT2D eigenvalue weighted by Gasteiger charge is 2.13. The molecule has 78 valence electrons. The fraction of sp³-hybridized carbons (Fsp3) is 0.250. The van der Waals surface area contributed by atoms with E-state index in [1.165, 1.54) is 12.3 Å². The van der Waals surface area contributed by atoms with E-state index in [9.17, 15) is 4.79 Å². The number of azide groups is 1. The van der Waals surface area contributed by atoms with Crippen LogP contribution in [0, 0.1) is 0 Å². The van der Waals surface area contributed by atoms with Crippen LogP contribution in [0.15, 0.2) is 21.9 Å². The molecule has 0 spiro atoms. The first kappa shape index (κ1) is 11.5. The number of carbonyl (C=O) groups excluding carboxylic acids is 1. The Kier molecular flexibility index (Phi) is 4.08. The Balaban J connectivity index is 3.16. The molecule has 0 saturated heterocycles. The zero-order chi connectivity index (χ0) is 11.3. The topological polar surface area (TPSA) is 88.0 Å². The van der Waals surface area contributed by atoms with Gasteiger partial charge in [-0.1, -0.05) is 5.11 Å². The average Bonchev–Trinajstić information content (AvgIpc) is 2.18. The number of ether oxygens (including phenoxy) is 1. The fourth-order valence-corrected chi connectivity index (χ4v) is 1.23. The molecule has 0 aliphatic heterocycles. The number of pyridine rings is 1. The van der Waals surface area contributed by atoms with Gasteiger partial charge in [-0.2, -0.15) is 0 Å². The summed E-state index contributed by atoms with van der Waals surface area (Å²) in [5.74, 6) is -0.604. The predicted octanol–water partition coefficient (Wildman–Crippen LogP) is 2.96. The maximum absolute atomic E-state index is 11.4. The van der Waals surface area contributed by atoms with Gasteiger partial charge in [-0.05, 0) is 34.5 Å². The van der Waals surface area contributed by atoms with Crippen LogP contribution in [0.2, 0.25) is 0 Å². The molecule has 0 bridgehead atoms. The molecule has 15 heavy (non-hydrogen) atoms. The normalized spacial score (nSPS) is 9.20. The van der Waals surface area contributed by atoms with Crippen LogP contribution in [0.3, 0.4) is 0 Å². The Hall–Kier alpha value is -1.59. The number of esters is 1. The summed E-state index contributed by atoms with van der Waals surface area (Å²) in [6, 6.07) is 1.50. The van der Waals surface area contributed by atoms with Crippen molar-refractivity contribution in [3.8, 4) is 0 Å². The molecule has 0 atom stereocenters. The van der Waals surface area contributed by atoms with Crippen LogP contribution in [0.1, 0.15) is 17.4 Å². The minimum atomic E-state index is -0.604. The SMILES string of the molecule is CCOC(=O)c1ncc(Br)cc1N=[N+]=[N-]. The standard InChI is InChI=1S/C8H7BrN4O2/c1-2-15-8(14)7-6(12-13-10)3-5(9)4-11-7/h3-4H,2H2,1H3. The summed E-state index contributed by atoms with van der Waals surface area (Å²) in [7, 11) is 0. The van der Waals surface area contributed by atoms with Crippen LogP contribution in [-0.4, -0.2) is 17.6 Å². The molecule has 0 saturated carbocycles. The van der Waals surface area contributed by atoms with Crippen molar-refractivity contribution in [1.82, 2.24) is 4.98 Å². The molecule has 0 aromatic carbocycles. The Morgan fingerprint density at radius 1 is 1.80 bits per heavy atom. The summed E-state index contributed by atoms with van der Waals surface area (Å²) >= 11 is 3.16. The summed E-state index contributed by atoms with van der Waals surface area (Å²) in [6.45, 7) is 1.93. The Labute approximate surface area is 94.0 Å². The molecule has 7 heteroatoms. The van der Waals surface area contributed by atoms with Crippen molar-refractivity contribution >= 4 is 27.6 Å². The van der Waals surface area contributed by atoms with E-state index in [2.05, 4.69) is 30.9 Å². The molecule has 1 heterocycles. The zero-order valence-electron chi connectivity index (χ0n) is 7.85. The second-order valence-electron chi connectivity index (χ2n) is 2.43. The van der Waals surface area contributed by atoms with Crippen LogP contribution < -0.4 is 0 Å². The van der Waals surface area contributed by atoms with E-state index in [4.69, 9.17) is 10.3 Å². The van der Waals surface area contributed by atoms with Crippen LogP contribution in [0.4, 0.5) is 5.69 Å². The average molecular weight is 271 g/mol. The van der Waals surface area contributed by atoms with Crippen molar-refractivity contribution in [3.05, 3.63) is 32.9 Å². The first-order chi connectivity index (χ1) is 7.19. The summed E-state index contributed by atoms with van der Waals surface area (Å²) < 4.78 is 5.38. The van der Waals surface area contributed by atoms with E-state index in [1.54, 1.807) is 6.92 Å². The van der Waals surface area contributed by atoms with E-state index in [0.717, 1.165) is 0 Å². The first-order valence-corrected chi connectivity index (χ1v) is 4.86. The molecule has 1 aromatic rings. The number of nitrogens with zero attached hydrogens (tertiary/aromatic N) is 4. The van der Waals surface area contributed by atoms with Gasteiger partial charge in [0.05, 0.1) is 12.3 Å². The highest BCUT2D eigenvalue weighted by molar-refractivity contribution is 9.10. The first-order valence-electron chi connectivity index (χ1n) is 4.06. The Morgan fingerprint density at radius 2 is 2.53 bits per heavy atom. The highest BCUT2D eigenvalue weighted by Crippen LogP contribution is 2.22. The van der Waals surface area contributed by atoms with Crippen LogP contribution in [0.25, 0.3) is 10.4 Å². The maximum atomic E-state index is 11.4. The number of halogens is 1. The molecule has 1 rings (SSSR count). The van der Waals surface area contributed by atoms with Crippen molar-refractivity contribution < 1.29 is 9.53 Å². The summed E-state index contributed by atoms with van der Waals surface area (Å²) in [6.07, 6.45) is 1.43. The second kappa shape index (κ2) is 5.33. The minimum Gasteiger partial charge on any atom is -0.461 e. The van der Waals surface area contributed by atoms with Crippen molar-refractivity contribution in [2.75, 3.05) is 6.61 Å². The monoisotopic (exact) mass is 270 g/mol. The summed E-state index contributed by atoms with van der Waals surface area (Å²) in [4.78, 5) is 17.8. The molecule has 6 nitrogen and oxygen atoms in total. The van der Waals surface area contributed by atoms with Gasteiger partial charge in [0.15, 0.2) is 5.69 Å². The molecule has 0 fully saturated rings. The number of carbonyl (C=O) groups is 1. The van der Waals surface area contributed by atoms with Crippen molar-refractivity contribution in [3.63, 3.8) is 0 Å². The molecule has 0 radical (unpaired) electrons. The van der Waals surface area contributed by atoms with E-state index in [-0.39, 0.29) is 18.0 Å². The summed E-state index contributed by atoms with van der Waals surface area (Å²) in [5, 5.41) is 3.36. The smallest absolute Gasteiger partial charge is 0.357 e. The van der Waals surface area contributed by atoms with Crippen LogP contribution in [0.5, 0.6) is 0 Å². The number of rotatable bonds is 3. The molecule has 0 unspecified atom stereocenters. The van der Waals surface area contributed by atoms with E-state index in [1.807, 2.05) is 0 Å². The van der Waals surface area contributed by atoms with Gasteiger partial charge in [0.25, 0.3) is 0 Å². The zero-order valence-corrected chi connectivity index (χ0v) is 9.43. The second-order valence-corrected chi connectivity index (χ2v) is 3.35. The van der Waals surface area contributed by atoms with Crippen molar-refractivity contribution in [2.24, 2.45) is 5.11 Å². The molecule has 1 aromatic heterocycles. The van der Waals surface area contributed by atoms with E-state index in [0.29, 0.717) is 4.47 Å². The lowest BCUT2D eigenvalue weighted by Gasteiger charge is -2.03. The molecule has 0 aliphatic rings.